The second-order valence-corrected chi connectivity index (χ2v) is 8.19. The molecule has 1 saturated heterocycles. The van der Waals surface area contributed by atoms with Crippen LogP contribution in [0, 0.1) is 13.8 Å². The highest BCUT2D eigenvalue weighted by Crippen LogP contribution is 2.24. The van der Waals surface area contributed by atoms with Crippen molar-refractivity contribution in [3.63, 3.8) is 0 Å². The van der Waals surface area contributed by atoms with Crippen molar-refractivity contribution in [3.05, 3.63) is 65.6 Å². The van der Waals surface area contributed by atoms with Gasteiger partial charge in [-0.25, -0.2) is 9.97 Å². The Labute approximate surface area is 173 Å². The number of likely N-dealkylation sites (tertiary alicyclic amines) is 1. The Morgan fingerprint density at radius 2 is 1.93 bits per heavy atom. The summed E-state index contributed by atoms with van der Waals surface area (Å²) in [6.45, 7) is 7.29. The number of rotatable bonds is 5. The van der Waals surface area contributed by atoms with E-state index in [-0.39, 0.29) is 0 Å². The van der Waals surface area contributed by atoms with Gasteiger partial charge in [0.25, 0.3) is 0 Å². The van der Waals surface area contributed by atoms with E-state index in [2.05, 4.69) is 64.2 Å². The van der Waals surface area contributed by atoms with Gasteiger partial charge in [0.05, 0.1) is 5.69 Å². The molecule has 1 atom stereocenters. The molecule has 0 saturated carbocycles. The van der Waals surface area contributed by atoms with Crippen molar-refractivity contribution in [3.8, 4) is 22.6 Å². The van der Waals surface area contributed by atoms with Gasteiger partial charge in [-0.1, -0.05) is 18.2 Å². The van der Waals surface area contributed by atoms with Gasteiger partial charge in [-0.2, -0.15) is 0 Å². The number of aromatic nitrogens is 3. The molecular weight excluding hydrogens is 358 g/mol. The molecule has 0 aliphatic carbocycles. The van der Waals surface area contributed by atoms with Crippen LogP contribution in [0.5, 0.6) is 0 Å². The Bertz CT molecular complexity index is 998. The molecule has 3 aromatic rings. The molecular formula is C24H29N5. The molecule has 0 bridgehead atoms. The van der Waals surface area contributed by atoms with E-state index in [1.165, 1.54) is 12.0 Å². The number of nitrogens with zero attached hydrogens (tertiary/aromatic N) is 5. The minimum atomic E-state index is 0.657. The monoisotopic (exact) mass is 387 g/mol. The molecule has 1 aromatic carbocycles. The SMILES string of the molecule is Cc1ccc(-c2ccnc(-c3cccc(CN4CCC(N(C)C)C4)c3)n2)c(C)n1. The van der Waals surface area contributed by atoms with Crippen LogP contribution in [0.2, 0.25) is 0 Å². The Balaban J connectivity index is 1.56. The second kappa shape index (κ2) is 8.39. The Morgan fingerprint density at radius 1 is 1.07 bits per heavy atom. The Kier molecular flexibility index (Phi) is 5.69. The number of aryl methyl sites for hydroxylation is 2. The highest BCUT2D eigenvalue weighted by atomic mass is 15.2. The Hall–Kier alpha value is -2.63. The van der Waals surface area contributed by atoms with Crippen molar-refractivity contribution in [2.75, 3.05) is 27.2 Å². The minimum absolute atomic E-state index is 0.657. The quantitative estimate of drug-likeness (QED) is 0.663. The molecule has 1 aliphatic rings. The van der Waals surface area contributed by atoms with Crippen LogP contribution in [-0.4, -0.2) is 58.0 Å². The lowest BCUT2D eigenvalue weighted by Crippen LogP contribution is -2.31. The molecule has 4 rings (SSSR count). The van der Waals surface area contributed by atoms with Crippen LogP contribution in [0.3, 0.4) is 0 Å². The maximum atomic E-state index is 4.84. The molecule has 0 N–H and O–H groups in total. The van der Waals surface area contributed by atoms with Crippen molar-refractivity contribution < 1.29 is 0 Å². The van der Waals surface area contributed by atoms with E-state index < -0.39 is 0 Å². The van der Waals surface area contributed by atoms with E-state index in [1.54, 1.807) is 0 Å². The molecule has 0 radical (unpaired) electrons. The van der Waals surface area contributed by atoms with Gasteiger partial charge in [0, 0.05) is 54.4 Å². The third kappa shape index (κ3) is 4.52. The summed E-state index contributed by atoms with van der Waals surface area (Å²) in [6, 6.07) is 15.4. The maximum Gasteiger partial charge on any atom is 0.159 e. The van der Waals surface area contributed by atoms with Crippen molar-refractivity contribution in [2.45, 2.75) is 32.9 Å². The number of benzene rings is 1. The van der Waals surface area contributed by atoms with Gasteiger partial charge in [-0.15, -0.1) is 0 Å². The van der Waals surface area contributed by atoms with Gasteiger partial charge < -0.3 is 4.90 Å². The van der Waals surface area contributed by atoms with E-state index in [0.29, 0.717) is 6.04 Å². The van der Waals surface area contributed by atoms with Crippen LogP contribution < -0.4 is 0 Å². The number of pyridine rings is 1. The summed E-state index contributed by atoms with van der Waals surface area (Å²) >= 11 is 0. The lowest BCUT2D eigenvalue weighted by Gasteiger charge is -2.20. The fourth-order valence-corrected chi connectivity index (χ4v) is 4.05. The van der Waals surface area contributed by atoms with Crippen LogP contribution >= 0.6 is 0 Å². The summed E-state index contributed by atoms with van der Waals surface area (Å²) in [5.41, 5.74) is 6.36. The molecule has 1 fully saturated rings. The maximum absolute atomic E-state index is 4.84. The normalized spacial score (nSPS) is 17.2. The largest absolute Gasteiger partial charge is 0.305 e. The first-order valence-electron chi connectivity index (χ1n) is 10.3. The van der Waals surface area contributed by atoms with Gasteiger partial charge in [-0.3, -0.25) is 9.88 Å². The topological polar surface area (TPSA) is 45.2 Å². The van der Waals surface area contributed by atoms with Crippen LogP contribution in [0.4, 0.5) is 0 Å². The summed E-state index contributed by atoms with van der Waals surface area (Å²) in [7, 11) is 4.34. The average Bonchev–Trinajstić information content (AvgIpc) is 3.17. The standard InChI is InChI=1S/C24H29N5/c1-17-8-9-22(18(2)26-17)23-10-12-25-24(27-23)20-7-5-6-19(14-20)15-29-13-11-21(16-29)28(3)4/h5-10,12,14,21H,11,13,15-16H2,1-4H3. The van der Waals surface area contributed by atoms with Crippen LogP contribution in [-0.2, 0) is 6.54 Å². The first kappa shape index (κ1) is 19.7. The summed E-state index contributed by atoms with van der Waals surface area (Å²) < 4.78 is 0. The molecule has 3 heterocycles. The smallest absolute Gasteiger partial charge is 0.159 e. The number of likely N-dealkylation sites (N-methyl/N-ethyl adjacent to an activating group) is 1. The molecule has 150 valence electrons. The van der Waals surface area contributed by atoms with Crippen LogP contribution in [0.15, 0.2) is 48.7 Å². The van der Waals surface area contributed by atoms with E-state index in [1.807, 2.05) is 32.2 Å². The van der Waals surface area contributed by atoms with Gasteiger partial charge in [0.1, 0.15) is 0 Å². The van der Waals surface area contributed by atoms with Crippen molar-refractivity contribution in [1.82, 2.24) is 24.8 Å². The zero-order valence-corrected chi connectivity index (χ0v) is 17.8. The highest BCUT2D eigenvalue weighted by molar-refractivity contribution is 5.65. The molecule has 29 heavy (non-hydrogen) atoms. The Morgan fingerprint density at radius 3 is 2.69 bits per heavy atom. The van der Waals surface area contributed by atoms with Gasteiger partial charge in [0.15, 0.2) is 5.82 Å². The average molecular weight is 388 g/mol. The third-order valence-corrected chi connectivity index (χ3v) is 5.73. The lowest BCUT2D eigenvalue weighted by molar-refractivity contribution is 0.264. The van der Waals surface area contributed by atoms with Crippen molar-refractivity contribution in [1.29, 1.82) is 0 Å². The number of hydrogen-bond acceptors (Lipinski definition) is 5. The van der Waals surface area contributed by atoms with Gasteiger partial charge in [-0.05, 0) is 64.2 Å². The predicted molar refractivity (Wildman–Crippen MR) is 118 cm³/mol. The summed E-state index contributed by atoms with van der Waals surface area (Å²) in [5.74, 6) is 0.761. The van der Waals surface area contributed by atoms with Crippen LogP contribution in [0.1, 0.15) is 23.4 Å². The summed E-state index contributed by atoms with van der Waals surface area (Å²) in [4.78, 5) is 18.8. The van der Waals surface area contributed by atoms with Crippen LogP contribution in [0.25, 0.3) is 22.6 Å². The highest BCUT2D eigenvalue weighted by Gasteiger charge is 2.23. The molecule has 0 amide bonds. The zero-order valence-electron chi connectivity index (χ0n) is 17.8. The minimum Gasteiger partial charge on any atom is -0.305 e. The fraction of sp³-hybridized carbons (Fsp3) is 0.375. The van der Waals surface area contributed by atoms with E-state index >= 15 is 0 Å². The van der Waals surface area contributed by atoms with Gasteiger partial charge >= 0.3 is 0 Å². The second-order valence-electron chi connectivity index (χ2n) is 8.19. The van der Waals surface area contributed by atoms with Crippen molar-refractivity contribution >= 4 is 0 Å². The zero-order chi connectivity index (χ0) is 20.4. The molecule has 2 aromatic heterocycles. The summed E-state index contributed by atoms with van der Waals surface area (Å²) in [5, 5.41) is 0. The molecule has 5 nitrogen and oxygen atoms in total. The number of hydrogen-bond donors (Lipinski definition) is 0. The third-order valence-electron chi connectivity index (χ3n) is 5.73. The van der Waals surface area contributed by atoms with E-state index in [9.17, 15) is 0 Å². The van der Waals surface area contributed by atoms with Crippen molar-refractivity contribution in [2.24, 2.45) is 0 Å². The first-order valence-corrected chi connectivity index (χ1v) is 10.3. The fourth-order valence-electron chi connectivity index (χ4n) is 4.05. The molecule has 0 spiro atoms. The molecule has 1 unspecified atom stereocenters. The molecule has 5 heteroatoms. The lowest BCUT2D eigenvalue weighted by atomic mass is 10.1. The van der Waals surface area contributed by atoms with E-state index in [0.717, 1.165) is 53.7 Å². The first-order chi connectivity index (χ1) is 14.0. The molecule has 1 aliphatic heterocycles. The predicted octanol–water partition coefficient (Wildman–Crippen LogP) is 3.96. The van der Waals surface area contributed by atoms with E-state index in [4.69, 9.17) is 4.98 Å². The summed E-state index contributed by atoms with van der Waals surface area (Å²) in [6.07, 6.45) is 3.08. The van der Waals surface area contributed by atoms with Gasteiger partial charge in [0.2, 0.25) is 0 Å².